The standard InChI is InChI=1S/C14H15NO3S/c16-10-15-14(6-1-2-7-14)12-4-3-11-5-8-19(17,18)13(11)9-12/h3-4,9H,1-2,5-8H2. The van der Waals surface area contributed by atoms with Crippen LogP contribution in [0.25, 0.3) is 0 Å². The van der Waals surface area contributed by atoms with Gasteiger partial charge in [-0.1, -0.05) is 25.0 Å². The van der Waals surface area contributed by atoms with Crippen LogP contribution in [0.4, 0.5) is 0 Å². The Labute approximate surface area is 112 Å². The van der Waals surface area contributed by atoms with Crippen LogP contribution < -0.4 is 0 Å². The third kappa shape index (κ3) is 1.94. The summed E-state index contributed by atoms with van der Waals surface area (Å²) in [5, 5.41) is 0. The molecule has 1 heterocycles. The zero-order valence-corrected chi connectivity index (χ0v) is 11.4. The first-order valence-electron chi connectivity index (χ1n) is 6.53. The van der Waals surface area contributed by atoms with Gasteiger partial charge in [-0.15, -0.1) is 0 Å². The number of sulfone groups is 1. The zero-order chi connectivity index (χ0) is 13.5. The van der Waals surface area contributed by atoms with Crippen molar-refractivity contribution in [3.05, 3.63) is 29.3 Å². The Bertz CT molecular complexity index is 666. The molecule has 19 heavy (non-hydrogen) atoms. The molecule has 0 bridgehead atoms. The Morgan fingerprint density at radius 2 is 1.95 bits per heavy atom. The molecular formula is C14H15NO3S. The number of isocyanates is 1. The molecular weight excluding hydrogens is 262 g/mol. The van der Waals surface area contributed by atoms with Crippen molar-refractivity contribution in [1.29, 1.82) is 0 Å². The van der Waals surface area contributed by atoms with E-state index in [1.807, 2.05) is 12.1 Å². The monoisotopic (exact) mass is 277 g/mol. The molecule has 0 aromatic heterocycles. The topological polar surface area (TPSA) is 63.6 Å². The van der Waals surface area contributed by atoms with E-state index in [9.17, 15) is 13.2 Å². The number of aliphatic imine (C=N–C) groups is 1. The minimum Gasteiger partial charge on any atom is -0.224 e. The van der Waals surface area contributed by atoms with Crippen LogP contribution in [0.2, 0.25) is 0 Å². The highest BCUT2D eigenvalue weighted by atomic mass is 32.2. The van der Waals surface area contributed by atoms with Crippen LogP contribution in [0.15, 0.2) is 28.1 Å². The van der Waals surface area contributed by atoms with Crippen molar-refractivity contribution >= 4 is 15.9 Å². The number of fused-ring (bicyclic) bond motifs is 1. The predicted molar refractivity (Wildman–Crippen MR) is 70.5 cm³/mol. The fourth-order valence-electron chi connectivity index (χ4n) is 3.21. The van der Waals surface area contributed by atoms with Gasteiger partial charge in [-0.3, -0.25) is 0 Å². The van der Waals surface area contributed by atoms with Gasteiger partial charge >= 0.3 is 0 Å². The van der Waals surface area contributed by atoms with E-state index < -0.39 is 15.4 Å². The number of aryl methyl sites for hydroxylation is 1. The highest BCUT2D eigenvalue weighted by Gasteiger charge is 2.37. The first kappa shape index (κ1) is 12.6. The van der Waals surface area contributed by atoms with Crippen LogP contribution in [0.5, 0.6) is 0 Å². The summed E-state index contributed by atoms with van der Waals surface area (Å²) in [6.45, 7) is 0. The molecule has 1 aliphatic carbocycles. The van der Waals surface area contributed by atoms with Gasteiger partial charge in [0.05, 0.1) is 16.2 Å². The van der Waals surface area contributed by atoms with E-state index in [-0.39, 0.29) is 5.75 Å². The van der Waals surface area contributed by atoms with Gasteiger partial charge in [0, 0.05) is 0 Å². The van der Waals surface area contributed by atoms with Crippen molar-refractivity contribution in [3.63, 3.8) is 0 Å². The van der Waals surface area contributed by atoms with Crippen LogP contribution in [-0.4, -0.2) is 20.3 Å². The SMILES string of the molecule is O=C=NC1(c2ccc3c(c2)S(=O)(=O)CC3)CCCC1. The van der Waals surface area contributed by atoms with E-state index in [0.29, 0.717) is 11.3 Å². The fraction of sp³-hybridized carbons (Fsp3) is 0.500. The highest BCUT2D eigenvalue weighted by Crippen LogP contribution is 2.43. The molecule has 1 aromatic carbocycles. The largest absolute Gasteiger partial charge is 0.235 e. The first-order valence-corrected chi connectivity index (χ1v) is 8.18. The minimum absolute atomic E-state index is 0.190. The minimum atomic E-state index is -3.14. The maximum Gasteiger partial charge on any atom is 0.235 e. The summed E-state index contributed by atoms with van der Waals surface area (Å²) in [6.07, 6.45) is 5.85. The molecule has 1 aliphatic heterocycles. The van der Waals surface area contributed by atoms with Gasteiger partial charge < -0.3 is 0 Å². The lowest BCUT2D eigenvalue weighted by atomic mass is 9.88. The Kier molecular flexibility index (Phi) is 2.84. The summed E-state index contributed by atoms with van der Waals surface area (Å²) < 4.78 is 23.9. The van der Waals surface area contributed by atoms with E-state index in [1.165, 1.54) is 0 Å². The molecule has 0 unspecified atom stereocenters. The first-order chi connectivity index (χ1) is 9.07. The van der Waals surface area contributed by atoms with Gasteiger partial charge in [0.25, 0.3) is 0 Å². The normalized spacial score (nSPS) is 22.7. The highest BCUT2D eigenvalue weighted by molar-refractivity contribution is 7.91. The van der Waals surface area contributed by atoms with Gasteiger partial charge in [0.2, 0.25) is 6.08 Å². The molecule has 0 spiro atoms. The van der Waals surface area contributed by atoms with E-state index in [2.05, 4.69) is 4.99 Å². The number of hydrogen-bond acceptors (Lipinski definition) is 4. The number of benzene rings is 1. The molecule has 5 heteroatoms. The lowest BCUT2D eigenvalue weighted by Crippen LogP contribution is -2.19. The van der Waals surface area contributed by atoms with Crippen LogP contribution in [0.3, 0.4) is 0 Å². The third-order valence-electron chi connectivity index (χ3n) is 4.27. The quantitative estimate of drug-likeness (QED) is 0.614. The summed E-state index contributed by atoms with van der Waals surface area (Å²) >= 11 is 0. The lowest BCUT2D eigenvalue weighted by molar-refractivity contribution is 0.455. The van der Waals surface area contributed by atoms with E-state index >= 15 is 0 Å². The molecule has 1 saturated carbocycles. The number of nitrogens with zero attached hydrogens (tertiary/aromatic N) is 1. The second-order valence-electron chi connectivity index (χ2n) is 5.33. The van der Waals surface area contributed by atoms with Gasteiger partial charge in [0.15, 0.2) is 9.84 Å². The van der Waals surface area contributed by atoms with Gasteiger partial charge in [-0.2, -0.15) is 4.99 Å². The average molecular weight is 277 g/mol. The third-order valence-corrected chi connectivity index (χ3v) is 6.06. The van der Waals surface area contributed by atoms with Crippen LogP contribution in [0.1, 0.15) is 36.8 Å². The van der Waals surface area contributed by atoms with E-state index in [0.717, 1.165) is 36.8 Å². The van der Waals surface area contributed by atoms with Crippen LogP contribution >= 0.6 is 0 Å². The molecule has 0 atom stereocenters. The maximum atomic E-state index is 12.0. The lowest BCUT2D eigenvalue weighted by Gasteiger charge is -2.23. The molecule has 2 aliphatic rings. The summed E-state index contributed by atoms with van der Waals surface area (Å²) in [6, 6.07) is 5.52. The molecule has 1 aromatic rings. The van der Waals surface area contributed by atoms with Crippen molar-refractivity contribution in [2.24, 2.45) is 4.99 Å². The molecule has 1 fully saturated rings. The summed E-state index contributed by atoms with van der Waals surface area (Å²) in [7, 11) is -3.14. The van der Waals surface area contributed by atoms with E-state index in [1.54, 1.807) is 12.1 Å². The smallest absolute Gasteiger partial charge is 0.224 e. The summed E-state index contributed by atoms with van der Waals surface area (Å²) in [4.78, 5) is 15.1. The molecule has 3 rings (SSSR count). The van der Waals surface area contributed by atoms with Crippen molar-refractivity contribution in [2.75, 3.05) is 5.75 Å². The molecule has 100 valence electrons. The van der Waals surface area contributed by atoms with Gasteiger partial charge in [0.1, 0.15) is 0 Å². The Hall–Kier alpha value is -1.45. The fourth-order valence-corrected chi connectivity index (χ4v) is 4.79. The summed E-state index contributed by atoms with van der Waals surface area (Å²) in [5.41, 5.74) is 1.18. The second-order valence-corrected chi connectivity index (χ2v) is 7.41. The molecule has 0 N–H and O–H groups in total. The predicted octanol–water partition coefficient (Wildman–Crippen LogP) is 2.12. The van der Waals surface area contributed by atoms with Crippen molar-refractivity contribution in [2.45, 2.75) is 42.5 Å². The molecule has 0 amide bonds. The van der Waals surface area contributed by atoms with Crippen molar-refractivity contribution < 1.29 is 13.2 Å². The van der Waals surface area contributed by atoms with Crippen molar-refractivity contribution in [1.82, 2.24) is 0 Å². The number of carbonyl (C=O) groups excluding carboxylic acids is 1. The van der Waals surface area contributed by atoms with E-state index in [4.69, 9.17) is 0 Å². The van der Waals surface area contributed by atoms with Gasteiger partial charge in [-0.25, -0.2) is 13.2 Å². The van der Waals surface area contributed by atoms with Crippen LogP contribution in [-0.2, 0) is 26.6 Å². The van der Waals surface area contributed by atoms with Crippen molar-refractivity contribution in [3.8, 4) is 0 Å². The number of hydrogen-bond donors (Lipinski definition) is 0. The summed E-state index contributed by atoms with van der Waals surface area (Å²) in [5.74, 6) is 0.190. The van der Waals surface area contributed by atoms with Gasteiger partial charge in [-0.05, 0) is 36.5 Å². The Morgan fingerprint density at radius 1 is 1.21 bits per heavy atom. The van der Waals surface area contributed by atoms with Crippen LogP contribution in [0, 0.1) is 0 Å². The molecule has 4 nitrogen and oxygen atoms in total. The molecule has 0 saturated heterocycles. The zero-order valence-electron chi connectivity index (χ0n) is 10.6. The maximum absolute atomic E-state index is 12.0. The Morgan fingerprint density at radius 3 is 2.63 bits per heavy atom. The average Bonchev–Trinajstić information content (AvgIpc) is 2.97. The number of rotatable bonds is 2. The Balaban J connectivity index is 2.14. The second kappa shape index (κ2) is 4.29. The molecule has 0 radical (unpaired) electrons.